The van der Waals surface area contributed by atoms with E-state index in [0.29, 0.717) is 5.56 Å². The quantitative estimate of drug-likeness (QED) is 0.718. The molecular weight excluding hydrogens is 324 g/mol. The summed E-state index contributed by atoms with van der Waals surface area (Å²) in [7, 11) is 0. The number of aromatic nitrogens is 3. The van der Waals surface area contributed by atoms with Crippen LogP contribution in [0, 0.1) is 6.92 Å². The van der Waals surface area contributed by atoms with Crippen LogP contribution in [0.15, 0.2) is 54.9 Å². The molecule has 0 radical (unpaired) electrons. The normalized spacial score (nSPS) is 17.5. The van der Waals surface area contributed by atoms with E-state index in [9.17, 15) is 4.79 Å². The minimum Gasteiger partial charge on any atom is -0.336 e. The first-order chi connectivity index (χ1) is 12.7. The summed E-state index contributed by atoms with van der Waals surface area (Å²) < 4.78 is 3.85. The van der Waals surface area contributed by atoms with Crippen LogP contribution in [0.2, 0.25) is 0 Å². The van der Waals surface area contributed by atoms with Gasteiger partial charge in [-0.1, -0.05) is 18.2 Å². The highest BCUT2D eigenvalue weighted by Gasteiger charge is 2.30. The summed E-state index contributed by atoms with van der Waals surface area (Å²) in [5, 5.41) is 4.73. The number of nitrogens with zero attached hydrogens (tertiary/aromatic N) is 4. The van der Waals surface area contributed by atoms with Crippen molar-refractivity contribution in [3.8, 4) is 11.5 Å². The van der Waals surface area contributed by atoms with E-state index in [2.05, 4.69) is 6.92 Å². The average Bonchev–Trinajstić information content (AvgIpc) is 3.30. The van der Waals surface area contributed by atoms with E-state index in [4.69, 9.17) is 5.10 Å². The highest BCUT2D eigenvalue weighted by atomic mass is 16.2. The molecule has 0 aliphatic carbocycles. The Morgan fingerprint density at radius 1 is 1.08 bits per heavy atom. The Balaban J connectivity index is 1.87. The van der Waals surface area contributed by atoms with E-state index in [1.165, 1.54) is 6.42 Å². The standard InChI is InChI=1S/C21H24N4O/c1-16-10-6-7-15-24(16)21(26)19-17(2)22-25(18-11-4-3-5-12-18)20(19)23-13-8-9-14-23/h3-5,8-9,11-14,16H,6-7,10,15H2,1-2H3/t16-/m0/s1. The fraction of sp³-hybridized carbons (Fsp3) is 0.333. The molecule has 3 aromatic rings. The number of likely N-dealkylation sites (tertiary alicyclic amines) is 1. The second-order valence-corrected chi connectivity index (χ2v) is 6.97. The molecule has 0 saturated carbocycles. The van der Waals surface area contributed by atoms with Gasteiger partial charge in [0.1, 0.15) is 5.56 Å². The summed E-state index contributed by atoms with van der Waals surface area (Å²) in [6, 6.07) is 14.2. The zero-order valence-corrected chi connectivity index (χ0v) is 15.3. The van der Waals surface area contributed by atoms with Crippen molar-refractivity contribution in [2.45, 2.75) is 39.2 Å². The summed E-state index contributed by atoms with van der Waals surface area (Å²) in [4.78, 5) is 15.5. The van der Waals surface area contributed by atoms with Crippen molar-refractivity contribution in [3.05, 3.63) is 66.1 Å². The molecule has 1 atom stereocenters. The molecule has 5 heteroatoms. The van der Waals surface area contributed by atoms with Crippen LogP contribution in [0.3, 0.4) is 0 Å². The lowest BCUT2D eigenvalue weighted by atomic mass is 10.0. The molecule has 0 spiro atoms. The summed E-state index contributed by atoms with van der Waals surface area (Å²) in [6.45, 7) is 4.89. The minimum absolute atomic E-state index is 0.0839. The van der Waals surface area contributed by atoms with Gasteiger partial charge in [0.25, 0.3) is 5.91 Å². The molecule has 1 aliphatic rings. The highest BCUT2D eigenvalue weighted by molar-refractivity contribution is 5.99. The minimum atomic E-state index is 0.0839. The topological polar surface area (TPSA) is 43.1 Å². The first kappa shape index (κ1) is 16.6. The Morgan fingerprint density at radius 2 is 1.81 bits per heavy atom. The van der Waals surface area contributed by atoms with E-state index in [1.807, 2.05) is 75.9 Å². The molecule has 2 aromatic heterocycles. The Morgan fingerprint density at radius 3 is 2.50 bits per heavy atom. The maximum atomic E-state index is 13.5. The lowest BCUT2D eigenvalue weighted by Gasteiger charge is -2.33. The number of piperidine rings is 1. The van der Waals surface area contributed by atoms with Gasteiger partial charge in [0.05, 0.1) is 11.4 Å². The van der Waals surface area contributed by atoms with Gasteiger partial charge in [-0.2, -0.15) is 5.10 Å². The molecule has 1 saturated heterocycles. The lowest BCUT2D eigenvalue weighted by molar-refractivity contribution is 0.0635. The largest absolute Gasteiger partial charge is 0.336 e. The predicted molar refractivity (Wildman–Crippen MR) is 102 cm³/mol. The maximum Gasteiger partial charge on any atom is 0.259 e. The summed E-state index contributed by atoms with van der Waals surface area (Å²) in [5.41, 5.74) is 2.41. The van der Waals surface area contributed by atoms with Crippen LogP contribution in [0.25, 0.3) is 11.5 Å². The number of para-hydroxylation sites is 1. The third-order valence-corrected chi connectivity index (χ3v) is 5.16. The van der Waals surface area contributed by atoms with Crippen LogP contribution in [0.1, 0.15) is 42.2 Å². The number of carbonyl (C=O) groups is 1. The third kappa shape index (κ3) is 2.83. The van der Waals surface area contributed by atoms with Crippen LogP contribution < -0.4 is 0 Å². The van der Waals surface area contributed by atoms with Crippen LogP contribution in [-0.2, 0) is 0 Å². The number of carbonyl (C=O) groups excluding carboxylic acids is 1. The smallest absolute Gasteiger partial charge is 0.259 e. The number of aryl methyl sites for hydroxylation is 1. The van der Waals surface area contributed by atoms with Gasteiger partial charge in [0, 0.05) is 25.0 Å². The zero-order valence-electron chi connectivity index (χ0n) is 15.3. The van der Waals surface area contributed by atoms with E-state index in [0.717, 1.165) is 36.6 Å². The van der Waals surface area contributed by atoms with Crippen molar-refractivity contribution in [1.82, 2.24) is 19.2 Å². The number of amides is 1. The van der Waals surface area contributed by atoms with Crippen LogP contribution in [0.5, 0.6) is 0 Å². The first-order valence-electron chi connectivity index (χ1n) is 9.26. The highest BCUT2D eigenvalue weighted by Crippen LogP contribution is 2.27. The predicted octanol–water partition coefficient (Wildman–Crippen LogP) is 3.99. The number of hydrogen-bond donors (Lipinski definition) is 0. The second-order valence-electron chi connectivity index (χ2n) is 6.97. The fourth-order valence-corrected chi connectivity index (χ4v) is 3.77. The van der Waals surface area contributed by atoms with Crippen molar-refractivity contribution >= 4 is 5.91 Å². The van der Waals surface area contributed by atoms with Crippen molar-refractivity contribution in [3.63, 3.8) is 0 Å². The zero-order chi connectivity index (χ0) is 18.1. The van der Waals surface area contributed by atoms with Gasteiger partial charge in [0.15, 0.2) is 5.82 Å². The molecular formula is C21H24N4O. The Labute approximate surface area is 153 Å². The van der Waals surface area contributed by atoms with Crippen LogP contribution in [0.4, 0.5) is 0 Å². The Hall–Kier alpha value is -2.82. The molecule has 1 fully saturated rings. The van der Waals surface area contributed by atoms with Gasteiger partial charge in [-0.05, 0) is 57.4 Å². The SMILES string of the molecule is Cc1nn(-c2ccccc2)c(-n2cccc2)c1C(=O)N1CCCC[C@@H]1C. The monoisotopic (exact) mass is 348 g/mol. The van der Waals surface area contributed by atoms with Crippen molar-refractivity contribution in [1.29, 1.82) is 0 Å². The summed E-state index contributed by atoms with van der Waals surface area (Å²) in [6.07, 6.45) is 7.26. The van der Waals surface area contributed by atoms with Crippen molar-refractivity contribution in [2.24, 2.45) is 0 Å². The molecule has 4 rings (SSSR count). The summed E-state index contributed by atoms with van der Waals surface area (Å²) >= 11 is 0. The number of rotatable bonds is 3. The Bertz CT molecular complexity index is 896. The van der Waals surface area contributed by atoms with Gasteiger partial charge < -0.3 is 9.47 Å². The van der Waals surface area contributed by atoms with E-state index < -0.39 is 0 Å². The molecule has 134 valence electrons. The molecule has 0 bridgehead atoms. The molecule has 26 heavy (non-hydrogen) atoms. The average molecular weight is 348 g/mol. The van der Waals surface area contributed by atoms with E-state index >= 15 is 0 Å². The van der Waals surface area contributed by atoms with Gasteiger partial charge in [-0.3, -0.25) is 4.79 Å². The molecule has 1 amide bonds. The molecule has 3 heterocycles. The van der Waals surface area contributed by atoms with E-state index in [-0.39, 0.29) is 11.9 Å². The molecule has 1 aliphatic heterocycles. The van der Waals surface area contributed by atoms with Gasteiger partial charge in [-0.25, -0.2) is 4.68 Å². The number of benzene rings is 1. The van der Waals surface area contributed by atoms with Crippen molar-refractivity contribution < 1.29 is 4.79 Å². The molecule has 5 nitrogen and oxygen atoms in total. The first-order valence-corrected chi connectivity index (χ1v) is 9.26. The van der Waals surface area contributed by atoms with Gasteiger partial charge in [0.2, 0.25) is 0 Å². The molecule has 1 aromatic carbocycles. The molecule has 0 unspecified atom stereocenters. The van der Waals surface area contributed by atoms with Gasteiger partial charge >= 0.3 is 0 Å². The molecule has 0 N–H and O–H groups in total. The maximum absolute atomic E-state index is 13.5. The lowest BCUT2D eigenvalue weighted by Crippen LogP contribution is -2.42. The third-order valence-electron chi connectivity index (χ3n) is 5.16. The Kier molecular flexibility index (Phi) is 4.37. The fourth-order valence-electron chi connectivity index (χ4n) is 3.77. The number of hydrogen-bond acceptors (Lipinski definition) is 2. The second kappa shape index (κ2) is 6.83. The van der Waals surface area contributed by atoms with Gasteiger partial charge in [-0.15, -0.1) is 0 Å². The summed E-state index contributed by atoms with van der Waals surface area (Å²) in [5.74, 6) is 0.891. The van der Waals surface area contributed by atoms with Crippen LogP contribution >= 0.6 is 0 Å². The van der Waals surface area contributed by atoms with E-state index in [1.54, 1.807) is 0 Å². The van der Waals surface area contributed by atoms with Crippen molar-refractivity contribution in [2.75, 3.05) is 6.54 Å². The van der Waals surface area contributed by atoms with Crippen LogP contribution in [-0.4, -0.2) is 37.7 Å².